The third kappa shape index (κ3) is 4.48. The minimum atomic E-state index is 0.0129. The summed E-state index contributed by atoms with van der Waals surface area (Å²) in [5.74, 6) is 1.11. The Morgan fingerprint density at radius 1 is 1.03 bits per heavy atom. The molecule has 2 aliphatic carbocycles. The fourth-order valence-corrected chi connectivity index (χ4v) is 5.47. The molecule has 0 aromatic heterocycles. The van der Waals surface area contributed by atoms with Crippen LogP contribution in [0.2, 0.25) is 0 Å². The highest BCUT2D eigenvalue weighted by molar-refractivity contribution is 5.96. The number of hydrogen-bond donors (Lipinski definition) is 2. The Hall–Kier alpha value is -1.92. The van der Waals surface area contributed by atoms with E-state index in [1.165, 1.54) is 6.42 Å². The number of nitrogens with one attached hydrogen (secondary N) is 1. The van der Waals surface area contributed by atoms with Gasteiger partial charge in [0.25, 0.3) is 5.91 Å². The van der Waals surface area contributed by atoms with Crippen molar-refractivity contribution in [3.63, 3.8) is 0 Å². The second-order valence-corrected chi connectivity index (χ2v) is 9.23. The van der Waals surface area contributed by atoms with E-state index in [-0.39, 0.29) is 36.0 Å². The molecule has 4 rings (SSSR count). The normalized spacial score (nSPS) is 34.5. The fourth-order valence-electron chi connectivity index (χ4n) is 5.47. The van der Waals surface area contributed by atoms with Crippen LogP contribution in [0.4, 0.5) is 5.69 Å². The van der Waals surface area contributed by atoms with Gasteiger partial charge in [-0.2, -0.15) is 0 Å². The molecule has 3 N–H and O–H groups in total. The van der Waals surface area contributed by atoms with Crippen molar-refractivity contribution in [1.82, 2.24) is 4.90 Å². The first kappa shape index (κ1) is 20.4. The summed E-state index contributed by atoms with van der Waals surface area (Å²) >= 11 is 0. The molecule has 2 bridgehead atoms. The van der Waals surface area contributed by atoms with E-state index in [1.807, 2.05) is 30.9 Å². The molecule has 2 saturated carbocycles. The van der Waals surface area contributed by atoms with Crippen molar-refractivity contribution in [2.45, 2.75) is 64.2 Å². The first-order chi connectivity index (χ1) is 13.9. The van der Waals surface area contributed by atoms with Gasteiger partial charge in [-0.25, -0.2) is 0 Å². The fraction of sp³-hybridized carbons (Fsp3) is 0.652. The van der Waals surface area contributed by atoms with Crippen LogP contribution in [0, 0.1) is 17.8 Å². The molecule has 3 fully saturated rings. The van der Waals surface area contributed by atoms with Gasteiger partial charge >= 0.3 is 0 Å². The molecule has 29 heavy (non-hydrogen) atoms. The lowest BCUT2D eigenvalue weighted by atomic mass is 9.65. The SMILES string of the molecule is CC1CN(C(=O)c2ccc(NC(=O)C3CC4CCCC(C3)C4N)cc2)CC(C)O1. The average molecular weight is 400 g/mol. The maximum atomic E-state index is 12.8. The van der Waals surface area contributed by atoms with Crippen LogP contribution in [0.5, 0.6) is 0 Å². The van der Waals surface area contributed by atoms with E-state index < -0.39 is 0 Å². The van der Waals surface area contributed by atoms with E-state index in [1.54, 1.807) is 12.1 Å². The number of rotatable bonds is 3. The van der Waals surface area contributed by atoms with Gasteiger partial charge in [-0.3, -0.25) is 9.59 Å². The number of morpholine rings is 1. The highest BCUT2D eigenvalue weighted by Crippen LogP contribution is 2.42. The van der Waals surface area contributed by atoms with Crippen molar-refractivity contribution in [2.24, 2.45) is 23.5 Å². The topological polar surface area (TPSA) is 84.7 Å². The maximum absolute atomic E-state index is 12.8. The highest BCUT2D eigenvalue weighted by Gasteiger charge is 2.40. The number of amides is 2. The zero-order valence-electron chi connectivity index (χ0n) is 17.5. The van der Waals surface area contributed by atoms with Gasteiger partial charge in [0.1, 0.15) is 0 Å². The molecule has 0 radical (unpaired) electrons. The van der Waals surface area contributed by atoms with Crippen molar-refractivity contribution in [3.8, 4) is 0 Å². The number of benzene rings is 1. The molecule has 158 valence electrons. The number of nitrogens with two attached hydrogens (primary N) is 1. The molecule has 1 aromatic rings. The molecule has 0 spiro atoms. The third-order valence-corrected chi connectivity index (χ3v) is 6.89. The lowest BCUT2D eigenvalue weighted by molar-refractivity contribution is -0.122. The highest BCUT2D eigenvalue weighted by atomic mass is 16.5. The minimum absolute atomic E-state index is 0.0129. The van der Waals surface area contributed by atoms with Crippen LogP contribution in [-0.4, -0.2) is 48.1 Å². The van der Waals surface area contributed by atoms with E-state index >= 15 is 0 Å². The molecule has 6 nitrogen and oxygen atoms in total. The standard InChI is InChI=1S/C23H33N3O3/c1-14-12-26(13-15(2)29-14)23(28)16-6-8-20(9-7-16)25-22(27)19-10-17-4-3-5-18(11-19)21(17)24/h6-9,14-15,17-19,21H,3-5,10-13,24H2,1-2H3,(H,25,27). The molecule has 4 unspecified atom stereocenters. The second kappa shape index (κ2) is 8.44. The smallest absolute Gasteiger partial charge is 0.254 e. The van der Waals surface area contributed by atoms with Gasteiger partial charge in [0, 0.05) is 36.3 Å². The summed E-state index contributed by atoms with van der Waals surface area (Å²) in [7, 11) is 0. The lowest BCUT2D eigenvalue weighted by Gasteiger charge is -2.43. The van der Waals surface area contributed by atoms with Gasteiger partial charge in [-0.15, -0.1) is 0 Å². The summed E-state index contributed by atoms with van der Waals surface area (Å²) in [6, 6.07) is 7.52. The Balaban J connectivity index is 1.36. The Labute approximate surface area is 173 Å². The van der Waals surface area contributed by atoms with E-state index in [0.717, 1.165) is 31.4 Å². The summed E-state index contributed by atoms with van der Waals surface area (Å²) in [5.41, 5.74) is 7.73. The molecule has 6 heteroatoms. The quantitative estimate of drug-likeness (QED) is 0.818. The summed E-state index contributed by atoms with van der Waals surface area (Å²) in [6.45, 7) is 5.18. The van der Waals surface area contributed by atoms with Crippen LogP contribution in [-0.2, 0) is 9.53 Å². The lowest BCUT2D eigenvalue weighted by Crippen LogP contribution is -2.48. The summed E-state index contributed by atoms with van der Waals surface area (Å²) in [4.78, 5) is 27.4. The molecule has 1 aromatic carbocycles. The first-order valence-corrected chi connectivity index (χ1v) is 11.0. The number of carbonyl (C=O) groups is 2. The zero-order chi connectivity index (χ0) is 20.5. The third-order valence-electron chi connectivity index (χ3n) is 6.89. The molecular weight excluding hydrogens is 366 g/mol. The van der Waals surface area contributed by atoms with Gasteiger partial charge in [0.15, 0.2) is 0 Å². The predicted molar refractivity (Wildman–Crippen MR) is 113 cm³/mol. The molecule has 3 aliphatic rings. The van der Waals surface area contributed by atoms with E-state index in [2.05, 4.69) is 5.32 Å². The largest absolute Gasteiger partial charge is 0.372 e. The molecule has 4 atom stereocenters. The number of ether oxygens (including phenoxy) is 1. The number of anilines is 1. The van der Waals surface area contributed by atoms with E-state index in [9.17, 15) is 9.59 Å². The monoisotopic (exact) mass is 399 g/mol. The number of nitrogens with zero attached hydrogens (tertiary/aromatic N) is 1. The average Bonchev–Trinajstić information content (AvgIpc) is 2.67. The van der Waals surface area contributed by atoms with Gasteiger partial charge in [0.2, 0.25) is 5.91 Å². The molecule has 2 amide bonds. The van der Waals surface area contributed by atoms with Crippen LogP contribution in [0.15, 0.2) is 24.3 Å². The molecule has 1 saturated heterocycles. The Morgan fingerprint density at radius 3 is 2.21 bits per heavy atom. The van der Waals surface area contributed by atoms with Crippen LogP contribution in [0.3, 0.4) is 0 Å². The Kier molecular flexibility index (Phi) is 5.93. The van der Waals surface area contributed by atoms with Gasteiger partial charge < -0.3 is 20.7 Å². The van der Waals surface area contributed by atoms with Gasteiger partial charge in [0.05, 0.1) is 12.2 Å². The summed E-state index contributed by atoms with van der Waals surface area (Å²) in [6.07, 6.45) is 5.43. The van der Waals surface area contributed by atoms with Crippen LogP contribution >= 0.6 is 0 Å². The van der Waals surface area contributed by atoms with Crippen molar-refractivity contribution < 1.29 is 14.3 Å². The molecule has 1 aliphatic heterocycles. The zero-order valence-corrected chi connectivity index (χ0v) is 17.5. The Morgan fingerprint density at radius 2 is 1.62 bits per heavy atom. The number of carbonyl (C=O) groups excluding carboxylic acids is 2. The number of hydrogen-bond acceptors (Lipinski definition) is 4. The van der Waals surface area contributed by atoms with E-state index in [4.69, 9.17) is 10.5 Å². The predicted octanol–water partition coefficient (Wildman–Crippen LogP) is 3.03. The second-order valence-electron chi connectivity index (χ2n) is 9.23. The number of fused-ring (bicyclic) bond motifs is 2. The first-order valence-electron chi connectivity index (χ1n) is 11.0. The Bertz CT molecular complexity index is 726. The van der Waals surface area contributed by atoms with Crippen LogP contribution in [0.25, 0.3) is 0 Å². The molecule has 1 heterocycles. The summed E-state index contributed by atoms with van der Waals surface area (Å²) < 4.78 is 5.71. The van der Waals surface area contributed by atoms with Gasteiger partial charge in [-0.05, 0) is 75.6 Å². The van der Waals surface area contributed by atoms with Crippen molar-refractivity contribution in [3.05, 3.63) is 29.8 Å². The van der Waals surface area contributed by atoms with Crippen LogP contribution in [0.1, 0.15) is 56.3 Å². The van der Waals surface area contributed by atoms with Gasteiger partial charge in [-0.1, -0.05) is 6.42 Å². The molecular formula is C23H33N3O3. The van der Waals surface area contributed by atoms with E-state index in [0.29, 0.717) is 30.5 Å². The van der Waals surface area contributed by atoms with Crippen molar-refractivity contribution in [2.75, 3.05) is 18.4 Å². The minimum Gasteiger partial charge on any atom is -0.372 e. The summed E-state index contributed by atoms with van der Waals surface area (Å²) in [5, 5.41) is 3.05. The maximum Gasteiger partial charge on any atom is 0.254 e. The van der Waals surface area contributed by atoms with Crippen LogP contribution < -0.4 is 11.1 Å². The van der Waals surface area contributed by atoms with Crippen molar-refractivity contribution >= 4 is 17.5 Å². The van der Waals surface area contributed by atoms with Crippen molar-refractivity contribution in [1.29, 1.82) is 0 Å².